The standard InChI is InChI=1S/C8H7ClO2S2/c9-6-1-2-7(13-6)12-5-3-4(5)8(10)11/h1-2,4-5H,3H2,(H,10,11). The van der Waals surface area contributed by atoms with E-state index in [1.165, 1.54) is 11.3 Å². The lowest BCUT2D eigenvalue weighted by Crippen LogP contribution is -1.99. The molecule has 1 aromatic heterocycles. The molecule has 1 N–H and O–H groups in total. The van der Waals surface area contributed by atoms with Crippen LogP contribution in [0.25, 0.3) is 0 Å². The molecule has 0 aromatic carbocycles. The van der Waals surface area contributed by atoms with Crippen molar-refractivity contribution in [3.05, 3.63) is 16.5 Å². The minimum atomic E-state index is -0.680. The van der Waals surface area contributed by atoms with Crippen LogP contribution in [-0.4, -0.2) is 16.3 Å². The maximum Gasteiger partial charge on any atom is 0.307 e. The highest BCUT2D eigenvalue weighted by Gasteiger charge is 2.44. The van der Waals surface area contributed by atoms with Gasteiger partial charge in [0, 0.05) is 5.25 Å². The van der Waals surface area contributed by atoms with Crippen LogP contribution in [0.4, 0.5) is 0 Å². The molecule has 70 valence electrons. The lowest BCUT2D eigenvalue weighted by molar-refractivity contribution is -0.138. The van der Waals surface area contributed by atoms with Gasteiger partial charge in [-0.3, -0.25) is 4.79 Å². The molecule has 2 atom stereocenters. The fourth-order valence-corrected chi connectivity index (χ4v) is 3.85. The van der Waals surface area contributed by atoms with Gasteiger partial charge in [-0.05, 0) is 18.6 Å². The van der Waals surface area contributed by atoms with Crippen molar-refractivity contribution >= 4 is 40.7 Å². The summed E-state index contributed by atoms with van der Waals surface area (Å²) >= 11 is 8.88. The summed E-state index contributed by atoms with van der Waals surface area (Å²) in [7, 11) is 0. The second-order valence-corrected chi connectivity index (χ2v) is 6.15. The summed E-state index contributed by atoms with van der Waals surface area (Å²) in [5.74, 6) is -0.828. The Kier molecular flexibility index (Phi) is 2.53. The van der Waals surface area contributed by atoms with E-state index < -0.39 is 5.97 Å². The second kappa shape index (κ2) is 3.52. The number of thioether (sulfide) groups is 1. The quantitative estimate of drug-likeness (QED) is 0.874. The van der Waals surface area contributed by atoms with Crippen molar-refractivity contribution in [3.63, 3.8) is 0 Å². The summed E-state index contributed by atoms with van der Waals surface area (Å²) in [6, 6.07) is 3.78. The van der Waals surface area contributed by atoms with Gasteiger partial charge in [0.05, 0.1) is 14.5 Å². The highest BCUT2D eigenvalue weighted by Crippen LogP contribution is 2.47. The van der Waals surface area contributed by atoms with Crippen LogP contribution >= 0.6 is 34.7 Å². The molecule has 13 heavy (non-hydrogen) atoms. The van der Waals surface area contributed by atoms with E-state index in [4.69, 9.17) is 16.7 Å². The first-order valence-corrected chi connectivity index (χ1v) is 5.89. The zero-order chi connectivity index (χ0) is 9.42. The van der Waals surface area contributed by atoms with Gasteiger partial charge < -0.3 is 5.11 Å². The summed E-state index contributed by atoms with van der Waals surface area (Å²) in [5, 5.41) is 8.93. The summed E-state index contributed by atoms with van der Waals surface area (Å²) < 4.78 is 1.87. The number of aliphatic carboxylic acids is 1. The van der Waals surface area contributed by atoms with Crippen molar-refractivity contribution in [1.82, 2.24) is 0 Å². The molecular formula is C8H7ClO2S2. The molecule has 0 spiro atoms. The van der Waals surface area contributed by atoms with Crippen molar-refractivity contribution in [2.45, 2.75) is 15.9 Å². The first-order valence-electron chi connectivity index (χ1n) is 3.81. The summed E-state index contributed by atoms with van der Waals surface area (Å²) in [6.07, 6.45) is 0.787. The summed E-state index contributed by atoms with van der Waals surface area (Å²) in [5.41, 5.74) is 0. The van der Waals surface area contributed by atoms with Crippen molar-refractivity contribution in [3.8, 4) is 0 Å². The topological polar surface area (TPSA) is 37.3 Å². The van der Waals surface area contributed by atoms with Gasteiger partial charge in [0.25, 0.3) is 0 Å². The first kappa shape index (κ1) is 9.37. The van der Waals surface area contributed by atoms with Gasteiger partial charge in [0.2, 0.25) is 0 Å². The highest BCUT2D eigenvalue weighted by molar-refractivity contribution is 8.02. The molecule has 2 rings (SSSR count). The molecule has 1 aromatic rings. The van der Waals surface area contributed by atoms with Gasteiger partial charge in [-0.15, -0.1) is 23.1 Å². The molecule has 0 amide bonds. The van der Waals surface area contributed by atoms with Crippen molar-refractivity contribution in [2.24, 2.45) is 5.92 Å². The minimum Gasteiger partial charge on any atom is -0.481 e. The van der Waals surface area contributed by atoms with Gasteiger partial charge in [-0.25, -0.2) is 0 Å². The molecule has 5 heteroatoms. The van der Waals surface area contributed by atoms with Crippen molar-refractivity contribution < 1.29 is 9.90 Å². The average molecular weight is 235 g/mol. The number of carboxylic acids is 1. The SMILES string of the molecule is O=C(O)C1CC1Sc1ccc(Cl)s1. The van der Waals surface area contributed by atoms with E-state index in [0.717, 1.165) is 15.0 Å². The molecule has 2 unspecified atom stereocenters. The fourth-order valence-electron chi connectivity index (χ4n) is 1.07. The Hall–Kier alpha value is -0.190. The molecule has 0 radical (unpaired) electrons. The predicted molar refractivity (Wildman–Crippen MR) is 54.7 cm³/mol. The Balaban J connectivity index is 1.91. The molecular weight excluding hydrogens is 228 g/mol. The van der Waals surface area contributed by atoms with Crippen molar-refractivity contribution in [1.29, 1.82) is 0 Å². The van der Waals surface area contributed by atoms with Gasteiger partial charge in [0.1, 0.15) is 0 Å². The Morgan fingerprint density at radius 1 is 1.69 bits per heavy atom. The number of thiophene rings is 1. The first-order chi connectivity index (χ1) is 6.16. The molecule has 1 saturated carbocycles. The number of hydrogen-bond acceptors (Lipinski definition) is 3. The molecule has 0 saturated heterocycles. The van der Waals surface area contributed by atoms with E-state index in [1.54, 1.807) is 11.8 Å². The van der Waals surface area contributed by atoms with Crippen LogP contribution in [0, 0.1) is 5.92 Å². The van der Waals surface area contributed by atoms with Crippen LogP contribution < -0.4 is 0 Å². The minimum absolute atomic E-state index is 0.147. The van der Waals surface area contributed by atoms with Gasteiger partial charge in [0.15, 0.2) is 0 Å². The van der Waals surface area contributed by atoms with E-state index in [2.05, 4.69) is 0 Å². The van der Waals surface area contributed by atoms with Crippen LogP contribution in [0.2, 0.25) is 4.34 Å². The van der Waals surface area contributed by atoms with Crippen LogP contribution in [0.5, 0.6) is 0 Å². The van der Waals surface area contributed by atoms with Gasteiger partial charge >= 0.3 is 5.97 Å². The number of rotatable bonds is 3. The Morgan fingerprint density at radius 3 is 2.92 bits per heavy atom. The monoisotopic (exact) mass is 234 g/mol. The third-order valence-electron chi connectivity index (χ3n) is 1.87. The smallest absolute Gasteiger partial charge is 0.307 e. The van der Waals surface area contributed by atoms with Crippen LogP contribution in [0.15, 0.2) is 16.3 Å². The molecule has 1 heterocycles. The third kappa shape index (κ3) is 2.18. The normalized spacial score (nSPS) is 25.9. The zero-order valence-electron chi connectivity index (χ0n) is 6.57. The number of carboxylic acid groups (broad SMARTS) is 1. The predicted octanol–water partition coefficient (Wildman–Crippen LogP) is 2.97. The zero-order valence-corrected chi connectivity index (χ0v) is 8.96. The lowest BCUT2D eigenvalue weighted by atomic mass is 10.4. The van der Waals surface area contributed by atoms with E-state index >= 15 is 0 Å². The van der Waals surface area contributed by atoms with Crippen molar-refractivity contribution in [2.75, 3.05) is 0 Å². The third-order valence-corrected chi connectivity index (χ3v) is 4.62. The fraction of sp³-hybridized carbons (Fsp3) is 0.375. The molecule has 1 aliphatic rings. The Morgan fingerprint density at radius 2 is 2.46 bits per heavy atom. The second-order valence-electron chi connectivity index (χ2n) is 2.90. The summed E-state index contributed by atoms with van der Waals surface area (Å²) in [6.45, 7) is 0. The van der Waals surface area contributed by atoms with Crippen LogP contribution in [0.1, 0.15) is 6.42 Å². The number of carbonyl (C=O) groups is 1. The molecule has 2 nitrogen and oxygen atoms in total. The van der Waals surface area contributed by atoms with E-state index in [0.29, 0.717) is 0 Å². The Labute approximate surface area is 88.9 Å². The molecule has 0 aliphatic heterocycles. The van der Waals surface area contributed by atoms with E-state index in [9.17, 15) is 4.79 Å². The maximum absolute atomic E-state index is 10.5. The van der Waals surface area contributed by atoms with Gasteiger partial charge in [-0.1, -0.05) is 11.6 Å². The van der Waals surface area contributed by atoms with Crippen LogP contribution in [0.3, 0.4) is 0 Å². The lowest BCUT2D eigenvalue weighted by Gasteiger charge is -1.92. The summed E-state index contributed by atoms with van der Waals surface area (Å²) in [4.78, 5) is 10.5. The van der Waals surface area contributed by atoms with Gasteiger partial charge in [-0.2, -0.15) is 0 Å². The number of halogens is 1. The average Bonchev–Trinajstić information content (AvgIpc) is 2.69. The number of hydrogen-bond donors (Lipinski definition) is 1. The molecule has 0 bridgehead atoms. The largest absolute Gasteiger partial charge is 0.481 e. The molecule has 1 fully saturated rings. The highest BCUT2D eigenvalue weighted by atomic mass is 35.5. The maximum atomic E-state index is 10.5. The molecule has 1 aliphatic carbocycles. The Bertz CT molecular complexity index is 337. The van der Waals surface area contributed by atoms with E-state index in [-0.39, 0.29) is 11.2 Å². The van der Waals surface area contributed by atoms with Crippen LogP contribution in [-0.2, 0) is 4.79 Å². The van der Waals surface area contributed by atoms with E-state index in [1.807, 2.05) is 12.1 Å².